The van der Waals surface area contributed by atoms with Gasteiger partial charge in [0, 0.05) is 5.41 Å². The fourth-order valence-corrected chi connectivity index (χ4v) is 0.627. The van der Waals surface area contributed by atoms with Crippen LogP contribution in [0.25, 0.3) is 0 Å². The van der Waals surface area contributed by atoms with Crippen molar-refractivity contribution in [1.29, 1.82) is 0 Å². The fourth-order valence-electron chi connectivity index (χ4n) is 0.627. The first-order chi connectivity index (χ1) is 5.45. The molecular weight excluding hydrogens is 160 g/mol. The lowest BCUT2D eigenvalue weighted by Gasteiger charge is -2.26. The number of rotatable bonds is 4. The molecule has 0 radical (unpaired) electrons. The summed E-state index contributed by atoms with van der Waals surface area (Å²) in [5.41, 5.74) is -0.841. The molecule has 0 aromatic carbocycles. The van der Waals surface area contributed by atoms with Gasteiger partial charge in [-0.2, -0.15) is 0 Å². The Morgan fingerprint density at radius 1 is 1.58 bits per heavy atom. The molecule has 2 N–H and O–H groups in total. The van der Waals surface area contributed by atoms with Crippen LogP contribution in [0.2, 0.25) is 0 Å². The molecule has 4 nitrogen and oxygen atoms in total. The summed E-state index contributed by atoms with van der Waals surface area (Å²) in [6, 6.07) is 0. The van der Waals surface area contributed by atoms with Gasteiger partial charge in [-0.25, -0.2) is 4.79 Å². The molecule has 0 aromatic rings. The van der Waals surface area contributed by atoms with Crippen molar-refractivity contribution in [3.05, 3.63) is 0 Å². The first kappa shape index (κ1) is 11.4. The quantitative estimate of drug-likeness (QED) is 0.588. The minimum Gasteiger partial charge on any atom is -0.464 e. The Balaban J connectivity index is 4.17. The molecule has 0 saturated carbocycles. The highest BCUT2D eigenvalue weighted by Crippen LogP contribution is 2.20. The van der Waals surface area contributed by atoms with Gasteiger partial charge in [0.2, 0.25) is 0 Å². The van der Waals surface area contributed by atoms with E-state index in [0.29, 0.717) is 0 Å². The van der Waals surface area contributed by atoms with Crippen molar-refractivity contribution in [2.24, 2.45) is 5.41 Å². The molecule has 0 aliphatic heterocycles. The van der Waals surface area contributed by atoms with Crippen LogP contribution in [0, 0.1) is 5.41 Å². The second-order valence-electron chi connectivity index (χ2n) is 3.30. The maximum atomic E-state index is 11.0. The molecule has 4 heteroatoms. The maximum Gasteiger partial charge on any atom is 0.335 e. The van der Waals surface area contributed by atoms with E-state index >= 15 is 0 Å². The van der Waals surface area contributed by atoms with Gasteiger partial charge in [-0.1, -0.05) is 13.8 Å². The SMILES string of the molecule is CCOC(=O)[C@H](O)C(C)(C)CO. The third-order valence-corrected chi connectivity index (χ3v) is 1.66. The van der Waals surface area contributed by atoms with Crippen molar-refractivity contribution in [3.8, 4) is 0 Å². The summed E-state index contributed by atoms with van der Waals surface area (Å²) in [4.78, 5) is 11.0. The Labute approximate surface area is 72.2 Å². The Morgan fingerprint density at radius 2 is 2.08 bits per heavy atom. The third-order valence-electron chi connectivity index (χ3n) is 1.66. The van der Waals surface area contributed by atoms with Crippen molar-refractivity contribution in [3.63, 3.8) is 0 Å². The number of esters is 1. The third kappa shape index (κ3) is 2.79. The van der Waals surface area contributed by atoms with Crippen LogP contribution in [0.15, 0.2) is 0 Å². The van der Waals surface area contributed by atoms with Gasteiger partial charge in [-0.15, -0.1) is 0 Å². The smallest absolute Gasteiger partial charge is 0.335 e. The highest BCUT2D eigenvalue weighted by Gasteiger charge is 2.33. The Morgan fingerprint density at radius 3 is 2.42 bits per heavy atom. The molecule has 1 atom stereocenters. The van der Waals surface area contributed by atoms with Gasteiger partial charge in [-0.3, -0.25) is 0 Å². The second kappa shape index (κ2) is 4.42. The Hall–Kier alpha value is -0.610. The molecule has 0 aliphatic carbocycles. The van der Waals surface area contributed by atoms with Crippen LogP contribution >= 0.6 is 0 Å². The van der Waals surface area contributed by atoms with E-state index in [1.165, 1.54) is 0 Å². The molecular formula is C8H16O4. The summed E-state index contributed by atoms with van der Waals surface area (Å²) in [5, 5.41) is 18.2. The van der Waals surface area contributed by atoms with E-state index in [-0.39, 0.29) is 13.2 Å². The van der Waals surface area contributed by atoms with Crippen LogP contribution in [-0.2, 0) is 9.53 Å². The Kier molecular flexibility index (Phi) is 4.20. The monoisotopic (exact) mass is 176 g/mol. The number of ether oxygens (including phenoxy) is 1. The van der Waals surface area contributed by atoms with Crippen molar-refractivity contribution in [2.45, 2.75) is 26.9 Å². The maximum absolute atomic E-state index is 11.0. The second-order valence-corrected chi connectivity index (χ2v) is 3.30. The molecule has 72 valence electrons. The lowest BCUT2D eigenvalue weighted by Crippen LogP contribution is -2.40. The summed E-state index contributed by atoms with van der Waals surface area (Å²) in [6.45, 7) is 4.82. The summed E-state index contributed by atoms with van der Waals surface area (Å²) < 4.78 is 4.59. The number of hydrogen-bond donors (Lipinski definition) is 2. The minimum absolute atomic E-state index is 0.234. The van der Waals surface area contributed by atoms with E-state index in [9.17, 15) is 9.90 Å². The molecule has 0 spiro atoms. The first-order valence-electron chi connectivity index (χ1n) is 3.91. The van der Waals surface area contributed by atoms with E-state index in [1.54, 1.807) is 20.8 Å². The molecule has 0 rings (SSSR count). The van der Waals surface area contributed by atoms with Crippen molar-refractivity contribution < 1.29 is 19.7 Å². The van der Waals surface area contributed by atoms with Gasteiger partial charge < -0.3 is 14.9 Å². The average molecular weight is 176 g/mol. The molecule has 0 saturated heterocycles. The lowest BCUT2D eigenvalue weighted by molar-refractivity contribution is -0.161. The predicted molar refractivity (Wildman–Crippen MR) is 43.5 cm³/mol. The zero-order valence-corrected chi connectivity index (χ0v) is 7.70. The highest BCUT2D eigenvalue weighted by molar-refractivity contribution is 5.75. The highest BCUT2D eigenvalue weighted by atomic mass is 16.5. The van der Waals surface area contributed by atoms with E-state index in [0.717, 1.165) is 0 Å². The minimum atomic E-state index is -1.26. The van der Waals surface area contributed by atoms with Crippen molar-refractivity contribution >= 4 is 5.97 Å². The lowest BCUT2D eigenvalue weighted by atomic mass is 9.88. The van der Waals surface area contributed by atoms with Crippen LogP contribution in [0.3, 0.4) is 0 Å². The Bertz CT molecular complexity index is 153. The van der Waals surface area contributed by atoms with E-state index in [2.05, 4.69) is 4.74 Å². The summed E-state index contributed by atoms with van der Waals surface area (Å²) in [6.07, 6.45) is -1.26. The van der Waals surface area contributed by atoms with Gasteiger partial charge in [0.05, 0.1) is 13.2 Å². The topological polar surface area (TPSA) is 66.8 Å². The zero-order valence-electron chi connectivity index (χ0n) is 7.70. The number of hydrogen-bond acceptors (Lipinski definition) is 4. The van der Waals surface area contributed by atoms with Crippen molar-refractivity contribution in [2.75, 3.05) is 13.2 Å². The number of aliphatic hydroxyl groups is 2. The fraction of sp³-hybridized carbons (Fsp3) is 0.875. The van der Waals surface area contributed by atoms with Crippen LogP contribution < -0.4 is 0 Å². The van der Waals surface area contributed by atoms with Gasteiger partial charge in [0.15, 0.2) is 6.10 Å². The summed E-state index contributed by atoms with van der Waals surface area (Å²) in [7, 11) is 0. The molecule has 0 bridgehead atoms. The van der Waals surface area contributed by atoms with Crippen molar-refractivity contribution in [1.82, 2.24) is 0 Å². The van der Waals surface area contributed by atoms with E-state index < -0.39 is 17.5 Å². The summed E-state index contributed by atoms with van der Waals surface area (Å²) in [5.74, 6) is -0.684. The zero-order chi connectivity index (χ0) is 9.78. The number of carbonyl (C=O) groups excluding carboxylic acids is 1. The van der Waals surface area contributed by atoms with Crippen LogP contribution in [0.5, 0.6) is 0 Å². The number of aliphatic hydroxyl groups excluding tert-OH is 2. The van der Waals surface area contributed by atoms with Gasteiger partial charge in [0.25, 0.3) is 0 Å². The van der Waals surface area contributed by atoms with E-state index in [1.807, 2.05) is 0 Å². The summed E-state index contributed by atoms with van der Waals surface area (Å²) >= 11 is 0. The van der Waals surface area contributed by atoms with Gasteiger partial charge in [0.1, 0.15) is 0 Å². The number of carbonyl (C=O) groups is 1. The molecule has 0 unspecified atom stereocenters. The first-order valence-corrected chi connectivity index (χ1v) is 3.91. The molecule has 0 fully saturated rings. The van der Waals surface area contributed by atoms with E-state index in [4.69, 9.17) is 5.11 Å². The normalized spacial score (nSPS) is 14.1. The molecule has 0 aliphatic rings. The largest absolute Gasteiger partial charge is 0.464 e. The molecule has 0 heterocycles. The van der Waals surface area contributed by atoms with Gasteiger partial charge in [-0.05, 0) is 6.92 Å². The average Bonchev–Trinajstić information content (AvgIpc) is 2.03. The molecule has 0 aromatic heterocycles. The van der Waals surface area contributed by atoms with Gasteiger partial charge >= 0.3 is 5.97 Å². The molecule has 0 amide bonds. The molecule has 12 heavy (non-hydrogen) atoms. The van der Waals surface area contributed by atoms with Crippen LogP contribution in [0.1, 0.15) is 20.8 Å². The standard InChI is InChI=1S/C8H16O4/c1-4-12-7(11)6(10)8(2,3)5-9/h6,9-10H,4-5H2,1-3H3/t6-/m0/s1. The van der Waals surface area contributed by atoms with Crippen LogP contribution in [-0.4, -0.2) is 35.5 Å². The predicted octanol–water partition coefficient (Wildman–Crippen LogP) is -0.0711. The van der Waals surface area contributed by atoms with Crippen LogP contribution in [0.4, 0.5) is 0 Å².